The third-order valence-electron chi connectivity index (χ3n) is 6.18. The molecule has 3 aromatic rings. The van der Waals surface area contributed by atoms with Crippen LogP contribution in [0.25, 0.3) is 6.08 Å². The molecule has 2 aliphatic rings. The van der Waals surface area contributed by atoms with E-state index >= 15 is 0 Å². The van der Waals surface area contributed by atoms with Crippen LogP contribution < -0.4 is 20.1 Å². The number of rotatable bonds is 6. The van der Waals surface area contributed by atoms with Gasteiger partial charge in [0.15, 0.2) is 11.5 Å². The number of fused-ring (bicyclic) bond motifs is 2. The maximum Gasteiger partial charge on any atom is 0.253 e. The minimum Gasteiger partial charge on any atom is -0.454 e. The molecule has 0 spiro atoms. The number of para-hydroxylation sites is 1. The normalized spacial score (nSPS) is 15.2. The monoisotopic (exact) mass is 483 g/mol. The van der Waals surface area contributed by atoms with E-state index in [-0.39, 0.29) is 37.5 Å². The number of hydrogen-bond donors (Lipinski definition) is 2. The summed E-state index contributed by atoms with van der Waals surface area (Å²) in [6, 6.07) is 19.6. The third-order valence-corrected chi connectivity index (χ3v) is 6.18. The Morgan fingerprint density at radius 1 is 0.972 bits per heavy atom. The zero-order chi connectivity index (χ0) is 25.1. The van der Waals surface area contributed by atoms with E-state index in [4.69, 9.17) is 9.47 Å². The van der Waals surface area contributed by atoms with Crippen LogP contribution in [0.1, 0.15) is 46.4 Å². The Bertz CT molecular complexity index is 1370. The van der Waals surface area contributed by atoms with Crippen LogP contribution in [-0.2, 0) is 16.1 Å². The van der Waals surface area contributed by atoms with Crippen LogP contribution >= 0.6 is 0 Å². The molecule has 5 rings (SSSR count). The van der Waals surface area contributed by atoms with Crippen molar-refractivity contribution in [3.63, 3.8) is 0 Å². The molecule has 0 saturated heterocycles. The number of benzene rings is 3. The maximum atomic E-state index is 13.1. The fraction of sp³-hybridized carbons (Fsp3) is 0.179. The van der Waals surface area contributed by atoms with Crippen LogP contribution in [0.3, 0.4) is 0 Å². The second kappa shape index (κ2) is 9.95. The van der Waals surface area contributed by atoms with Crippen molar-refractivity contribution in [1.29, 1.82) is 0 Å². The molecule has 2 N–H and O–H groups in total. The predicted molar refractivity (Wildman–Crippen MR) is 134 cm³/mol. The number of carbonyl (C=O) groups excluding carboxylic acids is 3. The summed E-state index contributed by atoms with van der Waals surface area (Å²) in [6.07, 6.45) is 3.62. The van der Waals surface area contributed by atoms with Gasteiger partial charge in [-0.25, -0.2) is 0 Å². The summed E-state index contributed by atoms with van der Waals surface area (Å²) in [6.45, 7) is 1.95. The Morgan fingerprint density at radius 2 is 1.75 bits per heavy atom. The summed E-state index contributed by atoms with van der Waals surface area (Å²) in [5, 5.41) is 5.75. The van der Waals surface area contributed by atoms with E-state index in [1.54, 1.807) is 41.4 Å². The van der Waals surface area contributed by atoms with Crippen molar-refractivity contribution < 1.29 is 23.9 Å². The van der Waals surface area contributed by atoms with Crippen molar-refractivity contribution in [2.24, 2.45) is 0 Å². The first-order chi connectivity index (χ1) is 17.5. The number of nitrogens with one attached hydrogen (secondary N) is 2. The molecule has 8 heteroatoms. The SMILES string of the molecule is CC(=O)N1C=Cc2ccccc2C1CC(=O)Nc1ccccc1C(=O)NCc1ccc2c(c1)OCO2. The zero-order valence-corrected chi connectivity index (χ0v) is 19.7. The van der Waals surface area contributed by atoms with Crippen LogP contribution in [0.4, 0.5) is 5.69 Å². The number of hydrogen-bond acceptors (Lipinski definition) is 5. The van der Waals surface area contributed by atoms with Gasteiger partial charge in [0.05, 0.1) is 23.7 Å². The average molecular weight is 484 g/mol. The number of amides is 3. The van der Waals surface area contributed by atoms with E-state index in [0.717, 1.165) is 16.7 Å². The molecule has 0 bridgehead atoms. The highest BCUT2D eigenvalue weighted by Gasteiger charge is 2.28. The van der Waals surface area contributed by atoms with Gasteiger partial charge >= 0.3 is 0 Å². The smallest absolute Gasteiger partial charge is 0.253 e. The third kappa shape index (κ3) is 4.79. The quantitative estimate of drug-likeness (QED) is 0.547. The lowest BCUT2D eigenvalue weighted by Gasteiger charge is -2.32. The molecule has 2 heterocycles. The molecule has 3 amide bonds. The molecule has 182 valence electrons. The maximum absolute atomic E-state index is 13.1. The largest absolute Gasteiger partial charge is 0.454 e. The standard InChI is InChI=1S/C28H25N3O5/c1-18(32)31-13-12-20-6-2-3-7-21(20)24(31)15-27(33)30-23-9-5-4-8-22(23)28(34)29-16-19-10-11-25-26(14-19)36-17-35-25/h2-14,24H,15-17H2,1H3,(H,29,34)(H,30,33). The molecule has 36 heavy (non-hydrogen) atoms. The van der Waals surface area contributed by atoms with Gasteiger partial charge in [-0.2, -0.15) is 0 Å². The van der Waals surface area contributed by atoms with E-state index in [0.29, 0.717) is 22.7 Å². The van der Waals surface area contributed by atoms with Crippen LogP contribution in [0.2, 0.25) is 0 Å². The summed E-state index contributed by atoms with van der Waals surface area (Å²) < 4.78 is 10.7. The highest BCUT2D eigenvalue weighted by atomic mass is 16.7. The number of nitrogens with zero attached hydrogens (tertiary/aromatic N) is 1. The molecular weight excluding hydrogens is 458 g/mol. The molecule has 0 fully saturated rings. The summed E-state index contributed by atoms with van der Waals surface area (Å²) in [5.74, 6) is 0.555. The molecule has 3 aromatic carbocycles. The lowest BCUT2D eigenvalue weighted by atomic mass is 9.93. The molecular formula is C28H25N3O5. The second-order valence-corrected chi connectivity index (χ2v) is 8.55. The van der Waals surface area contributed by atoms with Gasteiger partial charge in [-0.05, 0) is 47.0 Å². The molecule has 0 radical (unpaired) electrons. The van der Waals surface area contributed by atoms with Crippen molar-refractivity contribution in [2.75, 3.05) is 12.1 Å². The average Bonchev–Trinajstić information content (AvgIpc) is 3.35. The first-order valence-electron chi connectivity index (χ1n) is 11.6. The molecule has 1 unspecified atom stereocenters. The minimum absolute atomic E-state index is 0.0497. The minimum atomic E-state index is -0.435. The van der Waals surface area contributed by atoms with Crippen molar-refractivity contribution in [2.45, 2.75) is 25.9 Å². The van der Waals surface area contributed by atoms with E-state index < -0.39 is 6.04 Å². The van der Waals surface area contributed by atoms with E-state index in [9.17, 15) is 14.4 Å². The zero-order valence-electron chi connectivity index (χ0n) is 19.7. The first-order valence-corrected chi connectivity index (χ1v) is 11.6. The molecule has 8 nitrogen and oxygen atoms in total. The van der Waals surface area contributed by atoms with Crippen molar-refractivity contribution >= 4 is 29.5 Å². The summed E-state index contributed by atoms with van der Waals surface area (Å²) >= 11 is 0. The van der Waals surface area contributed by atoms with Crippen molar-refractivity contribution in [3.8, 4) is 11.5 Å². The Hall–Kier alpha value is -4.59. The summed E-state index contributed by atoms with van der Waals surface area (Å²) in [4.78, 5) is 39.8. The first kappa shape index (κ1) is 23.2. The predicted octanol–water partition coefficient (Wildman–Crippen LogP) is 4.25. The Labute approximate surface area is 208 Å². The number of carbonyl (C=O) groups is 3. The Morgan fingerprint density at radius 3 is 2.61 bits per heavy atom. The summed E-state index contributed by atoms with van der Waals surface area (Å²) in [5.41, 5.74) is 3.48. The lowest BCUT2D eigenvalue weighted by molar-refractivity contribution is -0.129. The van der Waals surface area contributed by atoms with Gasteiger partial charge in [-0.1, -0.05) is 42.5 Å². The van der Waals surface area contributed by atoms with Crippen LogP contribution in [0.5, 0.6) is 11.5 Å². The van der Waals surface area contributed by atoms with Gasteiger partial charge in [-0.3, -0.25) is 14.4 Å². The van der Waals surface area contributed by atoms with Crippen LogP contribution in [0, 0.1) is 0 Å². The highest BCUT2D eigenvalue weighted by Crippen LogP contribution is 2.34. The van der Waals surface area contributed by atoms with Gasteiger partial charge in [0.1, 0.15) is 0 Å². The summed E-state index contributed by atoms with van der Waals surface area (Å²) in [7, 11) is 0. The molecule has 0 aliphatic carbocycles. The fourth-order valence-electron chi connectivity index (χ4n) is 4.41. The van der Waals surface area contributed by atoms with E-state index in [1.165, 1.54) is 6.92 Å². The van der Waals surface area contributed by atoms with E-state index in [2.05, 4.69) is 10.6 Å². The molecule has 0 saturated carbocycles. The van der Waals surface area contributed by atoms with Gasteiger partial charge < -0.3 is 25.0 Å². The Kier molecular flexibility index (Phi) is 6.40. The molecule has 2 aliphatic heterocycles. The lowest BCUT2D eigenvalue weighted by Crippen LogP contribution is -2.33. The van der Waals surface area contributed by atoms with Gasteiger partial charge in [-0.15, -0.1) is 0 Å². The highest BCUT2D eigenvalue weighted by molar-refractivity contribution is 6.04. The van der Waals surface area contributed by atoms with Crippen LogP contribution in [0.15, 0.2) is 72.9 Å². The number of ether oxygens (including phenoxy) is 2. The van der Waals surface area contributed by atoms with Gasteiger partial charge in [0, 0.05) is 19.7 Å². The topological polar surface area (TPSA) is 97.0 Å². The van der Waals surface area contributed by atoms with Crippen molar-refractivity contribution in [3.05, 3.63) is 95.2 Å². The fourth-order valence-corrected chi connectivity index (χ4v) is 4.41. The Balaban J connectivity index is 1.28. The van der Waals surface area contributed by atoms with Crippen LogP contribution in [-0.4, -0.2) is 29.4 Å². The van der Waals surface area contributed by atoms with Crippen molar-refractivity contribution in [1.82, 2.24) is 10.2 Å². The van der Waals surface area contributed by atoms with Gasteiger partial charge in [0.25, 0.3) is 5.91 Å². The second-order valence-electron chi connectivity index (χ2n) is 8.55. The molecule has 1 atom stereocenters. The van der Waals surface area contributed by atoms with Gasteiger partial charge in [0.2, 0.25) is 18.6 Å². The van der Waals surface area contributed by atoms with E-state index in [1.807, 2.05) is 42.5 Å². The molecule has 0 aromatic heterocycles. The number of anilines is 1.